The Labute approximate surface area is 159 Å². The monoisotopic (exact) mass is 395 g/mol. The molecule has 0 aliphatic rings. The Bertz CT molecular complexity index is 720. The Kier molecular flexibility index (Phi) is 9.16. The number of nitriles is 1. The number of primary amides is 1. The van der Waals surface area contributed by atoms with Gasteiger partial charge in [0.15, 0.2) is 0 Å². The van der Waals surface area contributed by atoms with Gasteiger partial charge in [0.1, 0.15) is 6.04 Å². The number of nitrogens with zero attached hydrogens (tertiary/aromatic N) is 1. The fourth-order valence-corrected chi connectivity index (χ4v) is 4.10. The average molecular weight is 395 g/mol. The minimum atomic E-state index is -3.23. The number of nitrogens with two attached hydrogens (primary N) is 1. The van der Waals surface area contributed by atoms with Crippen molar-refractivity contribution < 1.29 is 23.2 Å². The lowest BCUT2D eigenvalue weighted by Gasteiger charge is -2.18. The molecule has 9 heteroatoms. The van der Waals surface area contributed by atoms with Crippen molar-refractivity contribution in [3.05, 3.63) is 35.4 Å². The van der Waals surface area contributed by atoms with E-state index in [9.17, 15) is 14.2 Å². The number of rotatable bonds is 11. The van der Waals surface area contributed by atoms with Crippen LogP contribution in [0.1, 0.15) is 43.1 Å². The van der Waals surface area contributed by atoms with Crippen molar-refractivity contribution in [1.82, 2.24) is 5.32 Å². The highest BCUT2D eigenvalue weighted by molar-refractivity contribution is 7.53. The smallest absolute Gasteiger partial charge is 0.335 e. The molecule has 0 saturated heterocycles. The average Bonchev–Trinajstić information content (AvgIpc) is 2.61. The molecular weight excluding hydrogens is 369 g/mol. The highest BCUT2D eigenvalue weighted by atomic mass is 31.2. The van der Waals surface area contributed by atoms with E-state index in [1.807, 2.05) is 6.07 Å². The summed E-state index contributed by atoms with van der Waals surface area (Å²) in [6, 6.07) is 7.48. The van der Waals surface area contributed by atoms with Crippen molar-refractivity contribution in [3.8, 4) is 6.07 Å². The summed E-state index contributed by atoms with van der Waals surface area (Å²) in [7, 11) is -3.23. The van der Waals surface area contributed by atoms with Gasteiger partial charge in [-0.1, -0.05) is 12.1 Å². The summed E-state index contributed by atoms with van der Waals surface area (Å²) in [5.41, 5.74) is 6.31. The van der Waals surface area contributed by atoms with Crippen molar-refractivity contribution >= 4 is 19.4 Å². The first-order valence-electron chi connectivity index (χ1n) is 8.71. The summed E-state index contributed by atoms with van der Waals surface area (Å²) in [5, 5.41) is 11.4. The zero-order chi connectivity index (χ0) is 20.4. The molecule has 0 unspecified atom stereocenters. The third-order valence-corrected chi connectivity index (χ3v) is 5.76. The van der Waals surface area contributed by atoms with Crippen LogP contribution >= 0.6 is 7.60 Å². The van der Waals surface area contributed by atoms with Crippen molar-refractivity contribution in [2.75, 3.05) is 13.2 Å². The second-order valence-corrected chi connectivity index (χ2v) is 8.05. The molecule has 0 radical (unpaired) electrons. The van der Waals surface area contributed by atoms with Crippen LogP contribution < -0.4 is 11.1 Å². The van der Waals surface area contributed by atoms with E-state index in [2.05, 4.69) is 5.32 Å². The van der Waals surface area contributed by atoms with Crippen LogP contribution in [0.5, 0.6) is 0 Å². The Balaban J connectivity index is 2.82. The van der Waals surface area contributed by atoms with Gasteiger partial charge >= 0.3 is 7.60 Å². The summed E-state index contributed by atoms with van der Waals surface area (Å²) in [6.45, 7) is 5.66. The Morgan fingerprint density at radius 2 is 1.78 bits per heavy atom. The number of nitrogens with one attached hydrogen (secondary N) is 1. The van der Waals surface area contributed by atoms with Gasteiger partial charge in [0.2, 0.25) is 5.91 Å². The molecule has 0 spiro atoms. The first-order valence-corrected chi connectivity index (χ1v) is 10.4. The lowest BCUT2D eigenvalue weighted by Crippen LogP contribution is -2.45. The molecule has 1 aromatic rings. The van der Waals surface area contributed by atoms with Gasteiger partial charge in [-0.05, 0) is 44.9 Å². The predicted octanol–water partition coefficient (Wildman–Crippen LogP) is 2.59. The fourth-order valence-electron chi connectivity index (χ4n) is 2.40. The summed E-state index contributed by atoms with van der Waals surface area (Å²) >= 11 is 0. The molecule has 0 fully saturated rings. The van der Waals surface area contributed by atoms with Crippen LogP contribution in [0.25, 0.3) is 0 Å². The maximum atomic E-state index is 12.6. The highest BCUT2D eigenvalue weighted by Gasteiger charge is 2.25. The van der Waals surface area contributed by atoms with Crippen molar-refractivity contribution in [3.63, 3.8) is 0 Å². The van der Waals surface area contributed by atoms with E-state index in [4.69, 9.17) is 20.0 Å². The molecule has 3 N–H and O–H groups in total. The molecule has 0 bridgehead atoms. The second-order valence-electron chi connectivity index (χ2n) is 6.00. The van der Waals surface area contributed by atoms with Gasteiger partial charge in [-0.15, -0.1) is 0 Å². The molecule has 148 valence electrons. The zero-order valence-corrected chi connectivity index (χ0v) is 16.7. The van der Waals surface area contributed by atoms with E-state index in [0.717, 1.165) is 0 Å². The lowest BCUT2D eigenvalue weighted by atomic mass is 10.0. The van der Waals surface area contributed by atoms with Crippen LogP contribution in [0, 0.1) is 17.2 Å². The fraction of sp³-hybridized carbons (Fsp3) is 0.500. The normalized spacial score (nSPS) is 13.4. The van der Waals surface area contributed by atoms with Crippen LogP contribution in [-0.2, 0) is 24.6 Å². The van der Waals surface area contributed by atoms with Gasteiger partial charge in [-0.3, -0.25) is 14.2 Å². The Morgan fingerprint density at radius 1 is 1.22 bits per heavy atom. The molecule has 0 saturated carbocycles. The maximum Gasteiger partial charge on any atom is 0.335 e. The first kappa shape index (κ1) is 22.8. The maximum absolute atomic E-state index is 12.6. The van der Waals surface area contributed by atoms with Gasteiger partial charge in [0.05, 0.1) is 25.4 Å². The van der Waals surface area contributed by atoms with Crippen LogP contribution in [0.4, 0.5) is 0 Å². The molecule has 0 aromatic heterocycles. The van der Waals surface area contributed by atoms with Crippen molar-refractivity contribution in [1.29, 1.82) is 5.26 Å². The van der Waals surface area contributed by atoms with Gasteiger partial charge in [0, 0.05) is 11.5 Å². The van der Waals surface area contributed by atoms with E-state index in [1.165, 1.54) is 0 Å². The highest BCUT2D eigenvalue weighted by Crippen LogP contribution is 2.51. The van der Waals surface area contributed by atoms with E-state index < -0.39 is 31.4 Å². The van der Waals surface area contributed by atoms with E-state index in [0.29, 0.717) is 11.1 Å². The largest absolute Gasteiger partial charge is 0.368 e. The van der Waals surface area contributed by atoms with Crippen molar-refractivity contribution in [2.45, 2.75) is 39.4 Å². The molecule has 0 aliphatic heterocycles. The lowest BCUT2D eigenvalue weighted by molar-refractivity contribution is -0.120. The van der Waals surface area contributed by atoms with Crippen LogP contribution in [0.15, 0.2) is 24.3 Å². The van der Waals surface area contributed by atoms with Crippen LogP contribution in [0.3, 0.4) is 0 Å². The molecule has 8 nitrogen and oxygen atoms in total. The number of hydrogen-bond donors (Lipinski definition) is 2. The zero-order valence-electron chi connectivity index (χ0n) is 15.8. The number of hydrogen-bond acceptors (Lipinski definition) is 6. The minimum Gasteiger partial charge on any atom is -0.368 e. The number of carbonyl (C=O) groups is 2. The summed E-state index contributed by atoms with van der Waals surface area (Å²) in [4.78, 5) is 23.8. The van der Waals surface area contributed by atoms with Crippen LogP contribution in [0.2, 0.25) is 0 Å². The van der Waals surface area contributed by atoms with E-state index in [-0.39, 0.29) is 25.8 Å². The molecule has 1 aromatic carbocycles. The van der Waals surface area contributed by atoms with Crippen LogP contribution in [-0.4, -0.2) is 31.1 Å². The SMILES string of the molecule is CCOP(=O)(Cc1ccc(C(=O)N[C@H](C[C@H](C)C#N)C(N)=O)cc1)OCC. The molecule has 27 heavy (non-hydrogen) atoms. The predicted molar refractivity (Wildman–Crippen MR) is 101 cm³/mol. The van der Waals surface area contributed by atoms with Gasteiger partial charge in [-0.25, -0.2) is 0 Å². The molecule has 2 amide bonds. The topological polar surface area (TPSA) is 132 Å². The molecular formula is C18H26N3O5P. The number of carbonyl (C=O) groups excluding carboxylic acids is 2. The quantitative estimate of drug-likeness (QED) is 0.554. The second kappa shape index (κ2) is 10.8. The van der Waals surface area contributed by atoms with E-state index in [1.54, 1.807) is 45.0 Å². The molecule has 1 rings (SSSR count). The van der Waals surface area contributed by atoms with Gasteiger partial charge < -0.3 is 20.1 Å². The van der Waals surface area contributed by atoms with Gasteiger partial charge in [-0.2, -0.15) is 5.26 Å². The van der Waals surface area contributed by atoms with Gasteiger partial charge in [0.25, 0.3) is 5.91 Å². The molecule has 0 aliphatic carbocycles. The molecule has 0 heterocycles. The summed E-state index contributed by atoms with van der Waals surface area (Å²) < 4.78 is 23.1. The molecule has 2 atom stereocenters. The summed E-state index contributed by atoms with van der Waals surface area (Å²) in [5.74, 6) is -1.60. The standard InChI is InChI=1S/C18H26N3O5P/c1-4-25-27(24,26-5-2)12-14-6-8-15(9-7-14)18(23)21-16(17(20)22)10-13(3)11-19/h6-9,13,16H,4-5,10,12H2,1-3H3,(H2,20,22)(H,21,23)/t13-,16+/m0/s1. The number of benzene rings is 1. The summed E-state index contributed by atoms with van der Waals surface area (Å²) in [6.07, 6.45) is 0.238. The van der Waals surface area contributed by atoms with E-state index >= 15 is 0 Å². The van der Waals surface area contributed by atoms with Crippen molar-refractivity contribution in [2.24, 2.45) is 11.7 Å². The third kappa shape index (κ3) is 7.51. The Morgan fingerprint density at radius 3 is 2.22 bits per heavy atom. The minimum absolute atomic E-state index is 0.0974. The number of amides is 2. The third-order valence-electron chi connectivity index (χ3n) is 3.70. The first-order chi connectivity index (χ1) is 12.7. The Hall–Kier alpha value is -2.20.